The molecule has 20 heavy (non-hydrogen) atoms. The lowest BCUT2D eigenvalue weighted by molar-refractivity contribution is -0.662. The summed E-state index contributed by atoms with van der Waals surface area (Å²) in [5, 5.41) is 0.887. The van der Waals surface area contributed by atoms with E-state index in [1.165, 1.54) is 5.56 Å². The lowest BCUT2D eigenvalue weighted by Crippen LogP contribution is -2.35. The van der Waals surface area contributed by atoms with Crippen LogP contribution in [-0.2, 0) is 6.54 Å². The molecule has 0 saturated carbocycles. The Morgan fingerprint density at radius 2 is 1.75 bits per heavy atom. The summed E-state index contributed by atoms with van der Waals surface area (Å²) in [4.78, 5) is 11.5. The van der Waals surface area contributed by atoms with Gasteiger partial charge >= 0.3 is 0 Å². The van der Waals surface area contributed by atoms with Crippen molar-refractivity contribution in [3.8, 4) is 0 Å². The van der Waals surface area contributed by atoms with Crippen LogP contribution in [0.2, 0.25) is 0 Å². The minimum absolute atomic E-state index is 0.395. The highest BCUT2D eigenvalue weighted by Crippen LogP contribution is 2.15. The molecular formula is C17H15N2O+. The molecule has 0 atom stereocenters. The van der Waals surface area contributed by atoms with Gasteiger partial charge in [0, 0.05) is 17.7 Å². The molecule has 1 amide bonds. The fourth-order valence-electron chi connectivity index (χ4n) is 2.43. The van der Waals surface area contributed by atoms with Crippen molar-refractivity contribution in [1.29, 1.82) is 0 Å². The first kappa shape index (κ1) is 12.4. The Kier molecular flexibility index (Phi) is 3.17. The Balaban J connectivity index is 2.13. The number of carbonyl (C=O) groups excluding carboxylic acids is 1. The Labute approximate surface area is 117 Å². The molecule has 0 fully saturated rings. The normalized spacial score (nSPS) is 10.6. The van der Waals surface area contributed by atoms with Gasteiger partial charge in [-0.15, -0.1) is 0 Å². The number of pyridine rings is 1. The summed E-state index contributed by atoms with van der Waals surface area (Å²) in [6, 6.07) is 19.7. The average molecular weight is 263 g/mol. The van der Waals surface area contributed by atoms with Gasteiger partial charge in [-0.25, -0.2) is 0 Å². The summed E-state index contributed by atoms with van der Waals surface area (Å²) in [7, 11) is 0. The third-order valence-corrected chi connectivity index (χ3v) is 3.38. The molecule has 3 rings (SSSR count). The number of benzene rings is 2. The summed E-state index contributed by atoms with van der Waals surface area (Å²) >= 11 is 0. The van der Waals surface area contributed by atoms with Crippen LogP contribution in [0.3, 0.4) is 0 Å². The van der Waals surface area contributed by atoms with Gasteiger partial charge in [0.2, 0.25) is 11.4 Å². The quantitative estimate of drug-likeness (QED) is 0.724. The number of nitrogens with two attached hydrogens (primary N) is 1. The van der Waals surface area contributed by atoms with Crippen LogP contribution in [-0.4, -0.2) is 5.91 Å². The van der Waals surface area contributed by atoms with Gasteiger partial charge in [0.05, 0.1) is 10.9 Å². The van der Waals surface area contributed by atoms with Crippen molar-refractivity contribution in [2.24, 2.45) is 5.73 Å². The van der Waals surface area contributed by atoms with Crippen LogP contribution in [0.5, 0.6) is 0 Å². The van der Waals surface area contributed by atoms with Crippen LogP contribution >= 0.6 is 0 Å². The number of primary amides is 1. The van der Waals surface area contributed by atoms with Crippen LogP contribution in [0.15, 0.2) is 66.9 Å². The van der Waals surface area contributed by atoms with Gasteiger partial charge in [-0.2, -0.15) is 4.57 Å². The Hall–Kier alpha value is -2.68. The Bertz CT molecular complexity index is 766. The number of hydrogen-bond donors (Lipinski definition) is 1. The van der Waals surface area contributed by atoms with E-state index in [4.69, 9.17) is 5.73 Å². The summed E-state index contributed by atoms with van der Waals surface area (Å²) in [6.45, 7) is 0.764. The fraction of sp³-hybridized carbons (Fsp3) is 0.0588. The molecule has 2 N–H and O–H groups in total. The molecule has 0 bridgehead atoms. The predicted molar refractivity (Wildman–Crippen MR) is 78.2 cm³/mol. The zero-order valence-corrected chi connectivity index (χ0v) is 11.0. The summed E-state index contributed by atoms with van der Waals surface area (Å²) in [6.07, 6.45) is 2.01. The van der Waals surface area contributed by atoms with Crippen molar-refractivity contribution in [3.05, 3.63) is 78.0 Å². The van der Waals surface area contributed by atoms with E-state index in [0.717, 1.165) is 17.4 Å². The van der Waals surface area contributed by atoms with Crippen LogP contribution in [0.4, 0.5) is 0 Å². The second-order valence-corrected chi connectivity index (χ2v) is 4.72. The third-order valence-electron chi connectivity index (χ3n) is 3.38. The van der Waals surface area contributed by atoms with Crippen molar-refractivity contribution in [1.82, 2.24) is 0 Å². The summed E-state index contributed by atoms with van der Waals surface area (Å²) in [5.41, 5.74) is 8.22. The average Bonchev–Trinajstić information content (AvgIpc) is 2.48. The van der Waals surface area contributed by atoms with Crippen LogP contribution < -0.4 is 10.3 Å². The van der Waals surface area contributed by atoms with Gasteiger partial charge in [0.1, 0.15) is 0 Å². The van der Waals surface area contributed by atoms with Crippen LogP contribution in [0, 0.1) is 0 Å². The summed E-state index contributed by atoms with van der Waals surface area (Å²) < 4.78 is 2.12. The molecule has 0 spiro atoms. The summed E-state index contributed by atoms with van der Waals surface area (Å²) in [5.74, 6) is -0.395. The molecule has 3 aromatic rings. The maximum Gasteiger partial charge on any atom is 0.249 e. The van der Waals surface area contributed by atoms with Gasteiger partial charge < -0.3 is 5.73 Å². The molecule has 0 aliphatic heterocycles. The molecule has 98 valence electrons. The first-order valence-electron chi connectivity index (χ1n) is 6.50. The van der Waals surface area contributed by atoms with Gasteiger partial charge in [-0.3, -0.25) is 4.79 Å². The minimum Gasteiger partial charge on any atom is -0.366 e. The molecule has 1 aromatic heterocycles. The molecule has 2 aromatic carbocycles. The highest BCUT2D eigenvalue weighted by molar-refractivity contribution is 6.04. The number of fused-ring (bicyclic) bond motifs is 1. The van der Waals surface area contributed by atoms with Gasteiger partial charge in [-0.05, 0) is 12.1 Å². The topological polar surface area (TPSA) is 47.0 Å². The SMILES string of the molecule is NC(=O)c1cccc2c1ccc[n+]2Cc1ccccc1. The van der Waals surface area contributed by atoms with Crippen molar-refractivity contribution < 1.29 is 9.36 Å². The van der Waals surface area contributed by atoms with E-state index in [-0.39, 0.29) is 0 Å². The first-order chi connectivity index (χ1) is 9.75. The molecule has 3 nitrogen and oxygen atoms in total. The molecule has 0 saturated heterocycles. The number of aromatic nitrogens is 1. The second-order valence-electron chi connectivity index (χ2n) is 4.72. The van der Waals surface area contributed by atoms with E-state index in [2.05, 4.69) is 16.7 Å². The zero-order chi connectivity index (χ0) is 13.9. The Morgan fingerprint density at radius 1 is 0.950 bits per heavy atom. The van der Waals surface area contributed by atoms with Crippen molar-refractivity contribution in [2.75, 3.05) is 0 Å². The highest BCUT2D eigenvalue weighted by atomic mass is 16.1. The van der Waals surface area contributed by atoms with Gasteiger partial charge in [-0.1, -0.05) is 36.4 Å². The largest absolute Gasteiger partial charge is 0.366 e. The molecule has 0 aliphatic carbocycles. The number of rotatable bonds is 3. The minimum atomic E-state index is -0.395. The van der Waals surface area contributed by atoms with Crippen LogP contribution in [0.25, 0.3) is 10.9 Å². The van der Waals surface area contributed by atoms with Crippen LogP contribution in [0.1, 0.15) is 15.9 Å². The Morgan fingerprint density at radius 3 is 2.50 bits per heavy atom. The standard InChI is InChI=1S/C17H14N2O/c18-17(20)15-8-4-10-16-14(15)9-5-11-19(16)12-13-6-2-1-3-7-13/h1-11H,12H2,(H-,18,20)/p+1. The number of amides is 1. The lowest BCUT2D eigenvalue weighted by atomic mass is 10.1. The zero-order valence-electron chi connectivity index (χ0n) is 11.0. The lowest BCUT2D eigenvalue weighted by Gasteiger charge is -2.04. The molecule has 0 radical (unpaired) electrons. The monoisotopic (exact) mass is 263 g/mol. The molecule has 0 unspecified atom stereocenters. The molecular weight excluding hydrogens is 248 g/mol. The van der Waals surface area contributed by atoms with Gasteiger partial charge in [0.15, 0.2) is 12.7 Å². The number of nitrogens with zero attached hydrogens (tertiary/aromatic N) is 1. The molecule has 0 aliphatic rings. The predicted octanol–water partition coefficient (Wildman–Crippen LogP) is 2.27. The third kappa shape index (κ3) is 2.26. The van der Waals surface area contributed by atoms with Gasteiger partial charge in [0.25, 0.3) is 0 Å². The van der Waals surface area contributed by atoms with E-state index >= 15 is 0 Å². The number of carbonyl (C=O) groups is 1. The smallest absolute Gasteiger partial charge is 0.249 e. The van der Waals surface area contributed by atoms with E-state index in [1.807, 2.05) is 48.7 Å². The van der Waals surface area contributed by atoms with E-state index in [9.17, 15) is 4.79 Å². The first-order valence-corrected chi connectivity index (χ1v) is 6.50. The maximum absolute atomic E-state index is 11.5. The maximum atomic E-state index is 11.5. The highest BCUT2D eigenvalue weighted by Gasteiger charge is 2.13. The van der Waals surface area contributed by atoms with Crippen molar-refractivity contribution >= 4 is 16.8 Å². The van der Waals surface area contributed by atoms with E-state index < -0.39 is 5.91 Å². The van der Waals surface area contributed by atoms with Crippen molar-refractivity contribution in [3.63, 3.8) is 0 Å². The van der Waals surface area contributed by atoms with E-state index in [0.29, 0.717) is 5.56 Å². The molecule has 1 heterocycles. The fourth-order valence-corrected chi connectivity index (χ4v) is 2.43. The molecule has 3 heteroatoms. The van der Waals surface area contributed by atoms with E-state index in [1.54, 1.807) is 6.07 Å². The number of hydrogen-bond acceptors (Lipinski definition) is 1. The van der Waals surface area contributed by atoms with Crippen molar-refractivity contribution in [2.45, 2.75) is 6.54 Å². The second kappa shape index (κ2) is 5.13.